The van der Waals surface area contributed by atoms with Crippen LogP contribution in [0.15, 0.2) is 18.2 Å². The van der Waals surface area contributed by atoms with E-state index in [1.807, 2.05) is 0 Å². The molecule has 1 rings (SSSR count). The smallest absolute Gasteiger partial charge is 0.339 e. The number of halogens is 1. The summed E-state index contributed by atoms with van der Waals surface area (Å²) in [6.07, 6.45) is 0.778. The molecule has 0 heterocycles. The van der Waals surface area contributed by atoms with Crippen LogP contribution >= 0.6 is 11.6 Å². The third-order valence-electron chi connectivity index (χ3n) is 2.45. The molecule has 19 heavy (non-hydrogen) atoms. The summed E-state index contributed by atoms with van der Waals surface area (Å²) in [6.45, 7) is 4.16. The van der Waals surface area contributed by atoms with Crippen molar-refractivity contribution in [1.82, 2.24) is 0 Å². The van der Waals surface area contributed by atoms with E-state index in [-0.39, 0.29) is 12.4 Å². The van der Waals surface area contributed by atoms with Gasteiger partial charge in [0.2, 0.25) is 0 Å². The summed E-state index contributed by atoms with van der Waals surface area (Å²) in [6, 6.07) is 5.07. The van der Waals surface area contributed by atoms with Gasteiger partial charge in [-0.3, -0.25) is 4.79 Å². The molecule has 0 aliphatic heterocycles. The van der Waals surface area contributed by atoms with E-state index in [0.717, 1.165) is 5.56 Å². The molecule has 1 aromatic carbocycles. The van der Waals surface area contributed by atoms with Gasteiger partial charge in [-0.15, -0.1) is 0 Å². The van der Waals surface area contributed by atoms with Crippen LogP contribution in [-0.4, -0.2) is 25.2 Å². The van der Waals surface area contributed by atoms with Gasteiger partial charge in [-0.25, -0.2) is 4.79 Å². The minimum Gasteiger partial charge on any atom is -0.466 e. The molecule has 4 nitrogen and oxygen atoms in total. The van der Waals surface area contributed by atoms with Crippen molar-refractivity contribution in [3.05, 3.63) is 34.3 Å². The van der Waals surface area contributed by atoms with Crippen molar-refractivity contribution >= 4 is 23.5 Å². The number of rotatable bonds is 6. The van der Waals surface area contributed by atoms with Crippen molar-refractivity contribution in [2.24, 2.45) is 0 Å². The van der Waals surface area contributed by atoms with Crippen LogP contribution in [0.5, 0.6) is 0 Å². The maximum atomic E-state index is 11.7. The number of aryl methyl sites for hydroxylation is 1. The number of ether oxygens (including phenoxy) is 2. The molecule has 5 heteroatoms. The lowest BCUT2D eigenvalue weighted by molar-refractivity contribution is -0.143. The summed E-state index contributed by atoms with van der Waals surface area (Å²) in [5, 5.41) is 0.346. The van der Waals surface area contributed by atoms with Gasteiger partial charge in [0.25, 0.3) is 0 Å². The predicted molar refractivity (Wildman–Crippen MR) is 72.4 cm³/mol. The maximum Gasteiger partial charge on any atom is 0.339 e. The molecule has 0 radical (unpaired) electrons. The first-order valence-electron chi connectivity index (χ1n) is 6.19. The third kappa shape index (κ3) is 4.91. The number of hydrogen-bond donors (Lipinski definition) is 0. The Morgan fingerprint density at radius 3 is 2.47 bits per heavy atom. The van der Waals surface area contributed by atoms with Gasteiger partial charge in [0, 0.05) is 6.42 Å². The highest BCUT2D eigenvalue weighted by molar-refractivity contribution is 6.33. The SMILES string of the molecule is CCOC(=O)CCc1ccc(Cl)c(C(=O)OCC)c1. The van der Waals surface area contributed by atoms with Gasteiger partial charge < -0.3 is 9.47 Å². The summed E-state index contributed by atoms with van der Waals surface area (Å²) in [7, 11) is 0. The standard InChI is InChI=1S/C14H17ClO4/c1-3-18-13(16)8-6-10-5-7-12(15)11(9-10)14(17)19-4-2/h5,7,9H,3-4,6,8H2,1-2H3. The molecule has 1 aromatic rings. The number of carbonyl (C=O) groups excluding carboxylic acids is 2. The second-order valence-corrected chi connectivity index (χ2v) is 4.25. The van der Waals surface area contributed by atoms with E-state index >= 15 is 0 Å². The van der Waals surface area contributed by atoms with Crippen molar-refractivity contribution in [2.45, 2.75) is 26.7 Å². The van der Waals surface area contributed by atoms with Crippen molar-refractivity contribution in [1.29, 1.82) is 0 Å². The molecular weight excluding hydrogens is 268 g/mol. The van der Waals surface area contributed by atoms with E-state index in [1.165, 1.54) is 0 Å². The van der Waals surface area contributed by atoms with Gasteiger partial charge in [-0.1, -0.05) is 17.7 Å². The molecule has 0 bridgehead atoms. The van der Waals surface area contributed by atoms with Crippen LogP contribution in [-0.2, 0) is 20.7 Å². The second kappa shape index (κ2) is 7.79. The Labute approximate surface area is 117 Å². The molecule has 0 atom stereocenters. The first kappa shape index (κ1) is 15.5. The first-order chi connectivity index (χ1) is 9.08. The van der Waals surface area contributed by atoms with Crippen LogP contribution in [0.3, 0.4) is 0 Å². The molecule has 0 saturated carbocycles. The lowest BCUT2D eigenvalue weighted by Crippen LogP contribution is -2.08. The first-order valence-corrected chi connectivity index (χ1v) is 6.57. The molecule has 0 amide bonds. The van der Waals surface area contributed by atoms with E-state index in [0.29, 0.717) is 30.2 Å². The number of esters is 2. The zero-order valence-electron chi connectivity index (χ0n) is 11.1. The zero-order chi connectivity index (χ0) is 14.3. The average Bonchev–Trinajstić information content (AvgIpc) is 2.38. The summed E-state index contributed by atoms with van der Waals surface area (Å²) < 4.78 is 9.76. The monoisotopic (exact) mass is 284 g/mol. The van der Waals surface area contributed by atoms with Gasteiger partial charge in [-0.05, 0) is 38.0 Å². The molecule has 0 spiro atoms. The molecule has 0 aliphatic carbocycles. The van der Waals surface area contributed by atoms with Crippen LogP contribution in [0.4, 0.5) is 0 Å². The van der Waals surface area contributed by atoms with Crippen LogP contribution in [0.25, 0.3) is 0 Å². The molecule has 0 unspecified atom stereocenters. The van der Waals surface area contributed by atoms with E-state index in [1.54, 1.807) is 32.0 Å². The fourth-order valence-electron chi connectivity index (χ4n) is 1.57. The summed E-state index contributed by atoms with van der Waals surface area (Å²) >= 11 is 5.95. The molecule has 104 valence electrons. The summed E-state index contributed by atoms with van der Waals surface area (Å²) in [4.78, 5) is 22.9. The third-order valence-corrected chi connectivity index (χ3v) is 2.78. The Hall–Kier alpha value is -1.55. The minimum absolute atomic E-state index is 0.255. The Kier molecular flexibility index (Phi) is 6.36. The highest BCUT2D eigenvalue weighted by atomic mass is 35.5. The molecule has 0 fully saturated rings. The van der Waals surface area contributed by atoms with Crippen LogP contribution < -0.4 is 0 Å². The maximum absolute atomic E-state index is 11.7. The van der Waals surface area contributed by atoms with Gasteiger partial charge in [-0.2, -0.15) is 0 Å². The van der Waals surface area contributed by atoms with E-state index < -0.39 is 5.97 Å². The minimum atomic E-state index is -0.453. The van der Waals surface area contributed by atoms with E-state index in [4.69, 9.17) is 21.1 Å². The lowest BCUT2D eigenvalue weighted by Gasteiger charge is -2.07. The van der Waals surface area contributed by atoms with Crippen LogP contribution in [0.1, 0.15) is 36.2 Å². The quantitative estimate of drug-likeness (QED) is 0.754. The van der Waals surface area contributed by atoms with Crippen LogP contribution in [0, 0.1) is 0 Å². The number of hydrogen-bond acceptors (Lipinski definition) is 4. The van der Waals surface area contributed by atoms with Crippen molar-refractivity contribution in [3.8, 4) is 0 Å². The summed E-state index contributed by atoms with van der Waals surface area (Å²) in [5.41, 5.74) is 1.17. The highest BCUT2D eigenvalue weighted by Crippen LogP contribution is 2.19. The molecule has 0 aliphatic rings. The lowest BCUT2D eigenvalue weighted by atomic mass is 10.1. The Morgan fingerprint density at radius 2 is 1.84 bits per heavy atom. The van der Waals surface area contributed by atoms with Crippen molar-refractivity contribution in [2.75, 3.05) is 13.2 Å². The van der Waals surface area contributed by atoms with Gasteiger partial charge in [0.05, 0.1) is 23.8 Å². The predicted octanol–water partition coefficient (Wildman–Crippen LogP) is 3.01. The molecule has 0 N–H and O–H groups in total. The fourth-order valence-corrected chi connectivity index (χ4v) is 1.77. The Morgan fingerprint density at radius 1 is 1.16 bits per heavy atom. The van der Waals surface area contributed by atoms with E-state index in [2.05, 4.69) is 0 Å². The Bertz CT molecular complexity index is 457. The zero-order valence-corrected chi connectivity index (χ0v) is 11.8. The average molecular weight is 285 g/mol. The van der Waals surface area contributed by atoms with Crippen molar-refractivity contribution in [3.63, 3.8) is 0 Å². The highest BCUT2D eigenvalue weighted by Gasteiger charge is 2.12. The number of benzene rings is 1. The fraction of sp³-hybridized carbons (Fsp3) is 0.429. The molecular formula is C14H17ClO4. The van der Waals surface area contributed by atoms with Gasteiger partial charge >= 0.3 is 11.9 Å². The van der Waals surface area contributed by atoms with Crippen LogP contribution in [0.2, 0.25) is 5.02 Å². The van der Waals surface area contributed by atoms with Crippen molar-refractivity contribution < 1.29 is 19.1 Å². The summed E-state index contributed by atoms with van der Waals surface area (Å²) in [5.74, 6) is -0.708. The van der Waals surface area contributed by atoms with Gasteiger partial charge in [0.15, 0.2) is 0 Å². The largest absolute Gasteiger partial charge is 0.466 e. The second-order valence-electron chi connectivity index (χ2n) is 3.84. The van der Waals surface area contributed by atoms with Gasteiger partial charge in [0.1, 0.15) is 0 Å². The molecule has 0 saturated heterocycles. The molecule has 0 aromatic heterocycles. The topological polar surface area (TPSA) is 52.6 Å². The normalized spacial score (nSPS) is 10.1. The van der Waals surface area contributed by atoms with E-state index in [9.17, 15) is 9.59 Å². The Balaban J connectivity index is 2.73. The number of carbonyl (C=O) groups is 2.